The molecule has 0 amide bonds. The van der Waals surface area contributed by atoms with Gasteiger partial charge in [-0.3, -0.25) is 4.94 Å². The number of hydrogen-bond acceptors (Lipinski definition) is 2. The van der Waals surface area contributed by atoms with E-state index in [4.69, 9.17) is 0 Å². The van der Waals surface area contributed by atoms with Gasteiger partial charge in [-0.1, -0.05) is 67.4 Å². The summed E-state index contributed by atoms with van der Waals surface area (Å²) in [7, 11) is 2.06. The Labute approximate surface area is 167 Å². The number of rotatable bonds is 7. The highest BCUT2D eigenvalue weighted by molar-refractivity contribution is 5.60. The number of aryl methyl sites for hydroxylation is 1. The number of allylic oxidation sites excluding steroid dienone is 4. The molecule has 0 radical (unpaired) electrons. The molecule has 27 heavy (non-hydrogen) atoms. The maximum Gasteiger partial charge on any atom is 0.141 e. The quantitative estimate of drug-likeness (QED) is 0.448. The number of halogens is 1. The van der Waals surface area contributed by atoms with Crippen LogP contribution in [0.3, 0.4) is 0 Å². The van der Waals surface area contributed by atoms with Gasteiger partial charge in [0.1, 0.15) is 11.6 Å². The van der Waals surface area contributed by atoms with Gasteiger partial charge in [0.05, 0.1) is 0 Å². The first kappa shape index (κ1) is 27.6. The largest absolute Gasteiger partial charge is 0.334 e. The van der Waals surface area contributed by atoms with E-state index in [1.54, 1.807) is 13.0 Å². The smallest absolute Gasteiger partial charge is 0.141 e. The molecule has 0 aliphatic rings. The highest BCUT2D eigenvalue weighted by Gasteiger charge is 2.26. The van der Waals surface area contributed by atoms with Gasteiger partial charge in [-0.05, 0) is 49.7 Å². The minimum Gasteiger partial charge on any atom is -0.334 e. The van der Waals surface area contributed by atoms with Crippen LogP contribution in [0.5, 0.6) is 0 Å². The molecule has 1 aromatic heterocycles. The first-order chi connectivity index (χ1) is 12.6. The zero-order chi connectivity index (χ0) is 21.5. The summed E-state index contributed by atoms with van der Waals surface area (Å²) < 4.78 is 13.1. The molecule has 0 spiro atoms. The first-order valence-corrected chi connectivity index (χ1v) is 10.2. The molecule has 1 aromatic rings. The van der Waals surface area contributed by atoms with Crippen LogP contribution in [0.1, 0.15) is 93.8 Å². The molecule has 0 aliphatic heterocycles. The van der Waals surface area contributed by atoms with E-state index in [9.17, 15) is 4.53 Å². The van der Waals surface area contributed by atoms with E-state index in [0.29, 0.717) is 11.2 Å². The predicted molar refractivity (Wildman–Crippen MR) is 117 cm³/mol. The maximum atomic E-state index is 11.0. The fraction of sp³-hybridized carbons (Fsp3) is 0.696. The van der Waals surface area contributed by atoms with Crippen molar-refractivity contribution < 1.29 is 9.47 Å². The van der Waals surface area contributed by atoms with Crippen LogP contribution in [-0.4, -0.2) is 9.55 Å². The minimum absolute atomic E-state index is 0.322. The average Bonchev–Trinajstić information content (AvgIpc) is 3.06. The minimum atomic E-state index is 0.322. The second-order valence-electron chi connectivity index (χ2n) is 7.66. The Bertz CT molecular complexity index is 544. The summed E-state index contributed by atoms with van der Waals surface area (Å²) in [5.74, 6) is 2.16. The van der Waals surface area contributed by atoms with Gasteiger partial charge in [-0.25, -0.2) is 4.98 Å². The zero-order valence-electron chi connectivity index (χ0n) is 19.4. The van der Waals surface area contributed by atoms with E-state index in [-0.39, 0.29) is 0 Å². The monoisotopic (exact) mass is 382 g/mol. The molecule has 3 nitrogen and oxygen atoms in total. The highest BCUT2D eigenvalue weighted by atomic mass is 19.3. The predicted octanol–water partition coefficient (Wildman–Crippen LogP) is 7.90. The lowest BCUT2D eigenvalue weighted by Gasteiger charge is -2.32. The van der Waals surface area contributed by atoms with Crippen LogP contribution in [-0.2, 0) is 12.0 Å². The fourth-order valence-electron chi connectivity index (χ4n) is 2.52. The van der Waals surface area contributed by atoms with Gasteiger partial charge in [-0.2, -0.15) is 0 Å². The molecule has 0 bridgehead atoms. The Balaban J connectivity index is 0. The topological polar surface area (TPSA) is 27.1 Å². The normalized spacial score (nSPS) is 13.1. The summed E-state index contributed by atoms with van der Waals surface area (Å²) in [6.45, 7) is 19.2. The van der Waals surface area contributed by atoms with Crippen molar-refractivity contribution in [1.29, 1.82) is 0 Å². The molecular weight excluding hydrogens is 339 g/mol. The number of imidazole rings is 1. The molecule has 0 fully saturated rings. The van der Waals surface area contributed by atoms with Gasteiger partial charge >= 0.3 is 0 Å². The average molecular weight is 383 g/mol. The second-order valence-corrected chi connectivity index (χ2v) is 7.66. The van der Waals surface area contributed by atoms with Crippen LogP contribution < -0.4 is 0 Å². The lowest BCUT2D eigenvalue weighted by atomic mass is 9.74. The third kappa shape index (κ3) is 11.7. The molecule has 1 atom stereocenters. The Kier molecular flexibility index (Phi) is 15.8. The van der Waals surface area contributed by atoms with Crippen molar-refractivity contribution in [1.82, 2.24) is 9.55 Å². The van der Waals surface area contributed by atoms with E-state index in [2.05, 4.69) is 76.1 Å². The van der Waals surface area contributed by atoms with Crippen molar-refractivity contribution in [2.24, 2.45) is 18.4 Å². The number of nitrogens with zero attached hydrogens (tertiary/aromatic N) is 2. The SMILES string of the molecule is C/C=C(/CC(C)(C)[C@@H](C)CC)c1nccn1C.CC/C=C(/C)OF.CCC. The molecule has 0 unspecified atom stereocenters. The standard InChI is InChI=1S/C15H26N2.C5H9FO.C3H8/c1-7-12(3)15(4,5)11-13(8-2)14-16-9-10-17(14)6;1-3-4-5(2)7-6;1-3-2/h8-10,12H,7,11H2,1-6H3;4H,3H2,1-2H3;3H2,1-2H3/b13-8-;5-4-;/t12-;;/m0../s1. The second kappa shape index (κ2) is 15.5. The lowest BCUT2D eigenvalue weighted by molar-refractivity contribution is -0.0824. The summed E-state index contributed by atoms with van der Waals surface area (Å²) in [5.41, 5.74) is 1.67. The summed E-state index contributed by atoms with van der Waals surface area (Å²) in [4.78, 5) is 7.80. The Morgan fingerprint density at radius 3 is 2.15 bits per heavy atom. The number of hydrogen-bond donors (Lipinski definition) is 0. The number of aromatic nitrogens is 2. The van der Waals surface area contributed by atoms with Crippen LogP contribution in [0, 0.1) is 11.3 Å². The molecule has 158 valence electrons. The highest BCUT2D eigenvalue weighted by Crippen LogP contribution is 2.37. The molecular formula is C23H43FN2O. The Morgan fingerprint density at radius 1 is 1.30 bits per heavy atom. The van der Waals surface area contributed by atoms with Gasteiger partial charge in [-0.15, -0.1) is 0 Å². The van der Waals surface area contributed by atoms with Gasteiger partial charge in [0.2, 0.25) is 0 Å². The van der Waals surface area contributed by atoms with Crippen molar-refractivity contribution >= 4 is 5.57 Å². The van der Waals surface area contributed by atoms with Crippen molar-refractivity contribution in [2.75, 3.05) is 0 Å². The molecule has 0 saturated carbocycles. The van der Waals surface area contributed by atoms with Crippen molar-refractivity contribution in [3.8, 4) is 0 Å². The van der Waals surface area contributed by atoms with E-state index in [0.717, 1.165) is 24.6 Å². The van der Waals surface area contributed by atoms with Crippen LogP contribution in [0.15, 0.2) is 30.3 Å². The molecule has 0 aliphatic carbocycles. The van der Waals surface area contributed by atoms with Crippen LogP contribution in [0.25, 0.3) is 5.57 Å². The summed E-state index contributed by atoms with van der Waals surface area (Å²) in [6.07, 6.45) is 12.1. The van der Waals surface area contributed by atoms with E-state index >= 15 is 0 Å². The van der Waals surface area contributed by atoms with Gasteiger partial charge in [0, 0.05) is 24.0 Å². The van der Waals surface area contributed by atoms with Crippen LogP contribution in [0.2, 0.25) is 0 Å². The van der Waals surface area contributed by atoms with E-state index in [1.165, 1.54) is 18.4 Å². The Morgan fingerprint density at radius 2 is 1.85 bits per heavy atom. The fourth-order valence-corrected chi connectivity index (χ4v) is 2.52. The molecule has 1 rings (SSSR count). The lowest BCUT2D eigenvalue weighted by Crippen LogP contribution is -2.22. The van der Waals surface area contributed by atoms with Crippen LogP contribution in [0.4, 0.5) is 4.53 Å². The van der Waals surface area contributed by atoms with Crippen molar-refractivity contribution in [3.63, 3.8) is 0 Å². The summed E-state index contributed by atoms with van der Waals surface area (Å²) in [5, 5.41) is 0. The van der Waals surface area contributed by atoms with Crippen molar-refractivity contribution in [3.05, 3.63) is 36.1 Å². The third-order valence-electron chi connectivity index (χ3n) is 4.66. The Hall–Kier alpha value is -1.58. The van der Waals surface area contributed by atoms with Crippen molar-refractivity contribution in [2.45, 2.75) is 88.0 Å². The zero-order valence-corrected chi connectivity index (χ0v) is 19.4. The third-order valence-corrected chi connectivity index (χ3v) is 4.66. The summed E-state index contributed by atoms with van der Waals surface area (Å²) in [6, 6.07) is 0. The summed E-state index contributed by atoms with van der Waals surface area (Å²) >= 11 is 0. The van der Waals surface area contributed by atoms with E-state index < -0.39 is 0 Å². The van der Waals surface area contributed by atoms with Gasteiger partial charge in [0.25, 0.3) is 0 Å². The molecule has 0 aromatic carbocycles. The molecule has 1 heterocycles. The molecule has 0 N–H and O–H groups in total. The maximum absolute atomic E-state index is 11.0. The van der Waals surface area contributed by atoms with Gasteiger partial charge < -0.3 is 4.57 Å². The molecule has 4 heteroatoms. The van der Waals surface area contributed by atoms with Gasteiger partial charge in [0.15, 0.2) is 0 Å². The van der Waals surface area contributed by atoms with E-state index in [1.807, 2.05) is 19.3 Å². The van der Waals surface area contributed by atoms with Crippen LogP contribution >= 0.6 is 0 Å². The first-order valence-electron chi connectivity index (χ1n) is 10.2. The molecule has 0 saturated heterocycles.